The molecule has 0 radical (unpaired) electrons. The number of hydrazine groups is 1. The van der Waals surface area contributed by atoms with Crippen LogP contribution in [0, 0.1) is 0 Å². The molecule has 0 saturated carbocycles. The first-order valence-corrected chi connectivity index (χ1v) is 10.4. The minimum atomic E-state index is -0.300. The van der Waals surface area contributed by atoms with Crippen molar-refractivity contribution >= 4 is 29.3 Å². The number of benzene rings is 1. The zero-order chi connectivity index (χ0) is 21.9. The second-order valence-corrected chi connectivity index (χ2v) is 7.38. The van der Waals surface area contributed by atoms with Crippen LogP contribution >= 0.6 is 12.2 Å². The lowest BCUT2D eigenvalue weighted by Gasteiger charge is -2.15. The van der Waals surface area contributed by atoms with Gasteiger partial charge in [0.1, 0.15) is 5.75 Å². The SMILES string of the molecule is COc1cc(OC)c(OC)cc1/C=C(\C)C(=O)NNC(=S)NCCC1=CCCCC1. The average Bonchev–Trinajstić information content (AvgIpc) is 2.77. The first-order valence-electron chi connectivity index (χ1n) is 9.99. The molecule has 1 aliphatic rings. The summed E-state index contributed by atoms with van der Waals surface area (Å²) in [5.41, 5.74) is 8.00. The molecule has 0 aromatic heterocycles. The highest BCUT2D eigenvalue weighted by Crippen LogP contribution is 2.35. The van der Waals surface area contributed by atoms with Crippen LogP contribution in [0.15, 0.2) is 29.4 Å². The summed E-state index contributed by atoms with van der Waals surface area (Å²) in [5.74, 6) is 1.37. The van der Waals surface area contributed by atoms with Gasteiger partial charge in [-0.3, -0.25) is 15.6 Å². The van der Waals surface area contributed by atoms with E-state index in [1.54, 1.807) is 46.5 Å². The van der Waals surface area contributed by atoms with Crippen molar-refractivity contribution in [3.8, 4) is 17.2 Å². The van der Waals surface area contributed by atoms with Crippen LogP contribution < -0.4 is 30.4 Å². The van der Waals surface area contributed by atoms with Gasteiger partial charge in [-0.05, 0) is 63.4 Å². The number of nitrogens with one attached hydrogen (secondary N) is 3. The molecule has 30 heavy (non-hydrogen) atoms. The number of carbonyl (C=O) groups excluding carboxylic acids is 1. The summed E-state index contributed by atoms with van der Waals surface area (Å²) in [4.78, 5) is 12.4. The van der Waals surface area contributed by atoms with E-state index >= 15 is 0 Å². The minimum absolute atomic E-state index is 0.300. The highest BCUT2D eigenvalue weighted by atomic mass is 32.1. The van der Waals surface area contributed by atoms with E-state index in [2.05, 4.69) is 22.2 Å². The molecule has 1 aliphatic carbocycles. The number of thiocarbonyl (C=S) groups is 1. The van der Waals surface area contributed by atoms with Gasteiger partial charge in [-0.15, -0.1) is 0 Å². The Kier molecular flexibility index (Phi) is 9.47. The largest absolute Gasteiger partial charge is 0.496 e. The summed E-state index contributed by atoms with van der Waals surface area (Å²) in [7, 11) is 4.67. The van der Waals surface area contributed by atoms with Crippen molar-refractivity contribution in [1.82, 2.24) is 16.2 Å². The van der Waals surface area contributed by atoms with E-state index in [-0.39, 0.29) is 5.91 Å². The van der Waals surface area contributed by atoms with Gasteiger partial charge in [0.15, 0.2) is 16.6 Å². The summed E-state index contributed by atoms with van der Waals surface area (Å²) in [5, 5.41) is 3.50. The molecule has 0 spiro atoms. The summed E-state index contributed by atoms with van der Waals surface area (Å²) in [6, 6.07) is 3.48. The van der Waals surface area contributed by atoms with Crippen LogP contribution in [-0.2, 0) is 4.79 Å². The molecule has 8 heteroatoms. The number of hydrogen-bond acceptors (Lipinski definition) is 5. The minimum Gasteiger partial charge on any atom is -0.496 e. The number of methoxy groups -OCH3 is 3. The Morgan fingerprint density at radius 3 is 2.40 bits per heavy atom. The van der Waals surface area contributed by atoms with Gasteiger partial charge < -0.3 is 19.5 Å². The van der Waals surface area contributed by atoms with Crippen LogP contribution in [0.1, 0.15) is 44.6 Å². The van der Waals surface area contributed by atoms with E-state index in [1.165, 1.54) is 31.3 Å². The number of rotatable bonds is 8. The molecule has 0 fully saturated rings. The smallest absolute Gasteiger partial charge is 0.265 e. The molecule has 0 unspecified atom stereocenters. The normalized spacial score (nSPS) is 13.7. The van der Waals surface area contributed by atoms with Gasteiger partial charge >= 0.3 is 0 Å². The molecule has 0 aliphatic heterocycles. The molecule has 164 valence electrons. The van der Waals surface area contributed by atoms with Crippen LogP contribution in [0.4, 0.5) is 0 Å². The van der Waals surface area contributed by atoms with Crippen LogP contribution in [0.25, 0.3) is 6.08 Å². The molecule has 0 bridgehead atoms. The number of ether oxygens (including phenoxy) is 3. The Morgan fingerprint density at radius 1 is 1.07 bits per heavy atom. The van der Waals surface area contributed by atoms with Gasteiger partial charge in [-0.1, -0.05) is 11.6 Å². The number of carbonyl (C=O) groups is 1. The molecule has 3 N–H and O–H groups in total. The van der Waals surface area contributed by atoms with E-state index in [4.69, 9.17) is 26.4 Å². The molecular weight excluding hydrogens is 402 g/mol. The Bertz CT molecular complexity index is 821. The van der Waals surface area contributed by atoms with Crippen molar-refractivity contribution in [3.63, 3.8) is 0 Å². The monoisotopic (exact) mass is 433 g/mol. The van der Waals surface area contributed by atoms with E-state index < -0.39 is 0 Å². The lowest BCUT2D eigenvalue weighted by Crippen LogP contribution is -2.47. The van der Waals surface area contributed by atoms with Crippen LogP contribution in [0.3, 0.4) is 0 Å². The Morgan fingerprint density at radius 2 is 1.77 bits per heavy atom. The van der Waals surface area contributed by atoms with Gasteiger partial charge in [0.05, 0.1) is 21.3 Å². The van der Waals surface area contributed by atoms with Gasteiger partial charge in [0.2, 0.25) is 0 Å². The summed E-state index contributed by atoms with van der Waals surface area (Å²) < 4.78 is 16.0. The van der Waals surface area contributed by atoms with Crippen LogP contribution in [-0.4, -0.2) is 38.9 Å². The van der Waals surface area contributed by atoms with Crippen molar-refractivity contribution in [2.24, 2.45) is 0 Å². The summed E-state index contributed by atoms with van der Waals surface area (Å²) in [6.07, 6.45) is 9.89. The highest BCUT2D eigenvalue weighted by Gasteiger charge is 2.12. The van der Waals surface area contributed by atoms with Crippen molar-refractivity contribution < 1.29 is 19.0 Å². The number of allylic oxidation sites excluding steroid dienone is 1. The van der Waals surface area contributed by atoms with Gasteiger partial charge in [0.25, 0.3) is 5.91 Å². The van der Waals surface area contributed by atoms with Crippen LogP contribution in [0.5, 0.6) is 17.2 Å². The molecule has 1 amide bonds. The molecular formula is C22H31N3O4S. The average molecular weight is 434 g/mol. The molecule has 7 nitrogen and oxygen atoms in total. The Labute approximate surface area is 183 Å². The van der Waals surface area contributed by atoms with Crippen molar-refractivity contribution in [2.45, 2.75) is 39.0 Å². The molecule has 2 rings (SSSR count). The highest BCUT2D eigenvalue weighted by molar-refractivity contribution is 7.80. The van der Waals surface area contributed by atoms with Gasteiger partial charge in [0, 0.05) is 23.7 Å². The maximum Gasteiger partial charge on any atom is 0.265 e. The first kappa shape index (κ1) is 23.5. The van der Waals surface area contributed by atoms with E-state index in [9.17, 15) is 4.79 Å². The lowest BCUT2D eigenvalue weighted by molar-refractivity contribution is -0.117. The summed E-state index contributed by atoms with van der Waals surface area (Å²) in [6.45, 7) is 2.45. The number of hydrogen-bond donors (Lipinski definition) is 3. The lowest BCUT2D eigenvalue weighted by atomic mass is 9.97. The van der Waals surface area contributed by atoms with Crippen molar-refractivity contribution in [1.29, 1.82) is 0 Å². The first-order chi connectivity index (χ1) is 14.5. The van der Waals surface area contributed by atoms with Crippen LogP contribution in [0.2, 0.25) is 0 Å². The molecule has 0 heterocycles. The fraction of sp³-hybridized carbons (Fsp3) is 0.455. The predicted molar refractivity (Wildman–Crippen MR) is 123 cm³/mol. The van der Waals surface area contributed by atoms with E-state index in [0.29, 0.717) is 33.5 Å². The standard InChI is InChI=1S/C22H31N3O4S/c1-15(12-17-13-19(28-3)20(29-4)14-18(17)27-2)21(26)24-25-22(30)23-11-10-16-8-6-5-7-9-16/h8,12-14H,5-7,9-11H2,1-4H3,(H,24,26)(H2,23,25,30)/b15-12+. The van der Waals surface area contributed by atoms with Gasteiger partial charge in [-0.2, -0.15) is 0 Å². The Balaban J connectivity index is 1.89. The molecule has 0 atom stereocenters. The third kappa shape index (κ3) is 6.95. The zero-order valence-corrected chi connectivity index (χ0v) is 18.9. The third-order valence-corrected chi connectivity index (χ3v) is 5.12. The molecule has 1 aromatic rings. The second kappa shape index (κ2) is 12.1. The van der Waals surface area contributed by atoms with Crippen molar-refractivity contribution in [3.05, 3.63) is 34.9 Å². The maximum absolute atomic E-state index is 12.4. The molecule has 0 saturated heterocycles. The van der Waals surface area contributed by atoms with E-state index in [0.717, 1.165) is 13.0 Å². The predicted octanol–water partition coefficient (Wildman–Crippen LogP) is 3.50. The third-order valence-electron chi connectivity index (χ3n) is 4.87. The Hall–Kier alpha value is -2.74. The van der Waals surface area contributed by atoms with Crippen molar-refractivity contribution in [2.75, 3.05) is 27.9 Å². The number of amides is 1. The second-order valence-electron chi connectivity index (χ2n) is 6.97. The fourth-order valence-electron chi connectivity index (χ4n) is 3.19. The maximum atomic E-state index is 12.4. The topological polar surface area (TPSA) is 80.9 Å². The summed E-state index contributed by atoms with van der Waals surface area (Å²) >= 11 is 5.23. The molecule has 1 aromatic carbocycles. The zero-order valence-electron chi connectivity index (χ0n) is 18.1. The quantitative estimate of drug-likeness (QED) is 0.251. The van der Waals surface area contributed by atoms with E-state index in [1.807, 2.05) is 0 Å². The fourth-order valence-corrected chi connectivity index (χ4v) is 3.34. The van der Waals surface area contributed by atoms with Gasteiger partial charge in [-0.25, -0.2) is 0 Å².